The molecule has 3 atom stereocenters. The fourth-order valence-electron chi connectivity index (χ4n) is 8.93. The van der Waals surface area contributed by atoms with Gasteiger partial charge >= 0.3 is 0 Å². The van der Waals surface area contributed by atoms with E-state index in [1.165, 1.54) is 94.7 Å². The molecule has 1 saturated heterocycles. The highest BCUT2D eigenvalue weighted by atomic mass is 15.5. The molecule has 0 amide bonds. The van der Waals surface area contributed by atoms with Crippen LogP contribution < -0.4 is 4.90 Å². The summed E-state index contributed by atoms with van der Waals surface area (Å²) in [6, 6.07) is 10.4. The van der Waals surface area contributed by atoms with Crippen molar-refractivity contribution >= 4 is 5.69 Å². The van der Waals surface area contributed by atoms with Crippen molar-refractivity contribution in [3.05, 3.63) is 42.0 Å². The molecule has 1 aromatic carbocycles. The number of anilines is 1. The molecular formula is C30H44N2. The van der Waals surface area contributed by atoms with E-state index < -0.39 is 0 Å². The molecule has 2 heteroatoms. The van der Waals surface area contributed by atoms with Crippen LogP contribution in [0.1, 0.15) is 96.0 Å². The third-order valence-corrected chi connectivity index (χ3v) is 10.3. The van der Waals surface area contributed by atoms with Crippen LogP contribution >= 0.6 is 0 Å². The van der Waals surface area contributed by atoms with Crippen molar-refractivity contribution in [3.63, 3.8) is 0 Å². The summed E-state index contributed by atoms with van der Waals surface area (Å²) >= 11 is 0. The molecule has 2 aliphatic heterocycles. The molecule has 1 aromatic rings. The summed E-state index contributed by atoms with van der Waals surface area (Å²) in [7, 11) is 0. The SMILES string of the molecule is Cc1ccccc1N1C(C2CCCCC2)N2C(C=CC2(C2CCCC2)C2CCCC2)[C@@H]1C. The van der Waals surface area contributed by atoms with Crippen LogP contribution in [0, 0.1) is 24.7 Å². The number of rotatable bonds is 4. The van der Waals surface area contributed by atoms with E-state index >= 15 is 0 Å². The predicted octanol–water partition coefficient (Wildman–Crippen LogP) is 7.47. The minimum Gasteiger partial charge on any atom is -0.351 e. The summed E-state index contributed by atoms with van der Waals surface area (Å²) in [5.74, 6) is 2.57. The molecule has 0 radical (unpaired) electrons. The van der Waals surface area contributed by atoms with Gasteiger partial charge in [0.05, 0.1) is 12.2 Å². The summed E-state index contributed by atoms with van der Waals surface area (Å²) in [6.45, 7) is 4.87. The lowest BCUT2D eigenvalue weighted by Gasteiger charge is -2.52. The first-order valence-electron chi connectivity index (χ1n) is 14.0. The summed E-state index contributed by atoms with van der Waals surface area (Å²) < 4.78 is 0. The Hall–Kier alpha value is -1.28. The molecule has 4 fully saturated rings. The van der Waals surface area contributed by atoms with Gasteiger partial charge in [-0.1, -0.05) is 75.3 Å². The average molecular weight is 433 g/mol. The summed E-state index contributed by atoms with van der Waals surface area (Å²) in [4.78, 5) is 6.09. The molecule has 0 spiro atoms. The number of benzene rings is 1. The van der Waals surface area contributed by atoms with E-state index in [0.717, 1.165) is 17.8 Å². The number of nitrogens with zero attached hydrogens (tertiary/aromatic N) is 2. The Morgan fingerprint density at radius 3 is 2.00 bits per heavy atom. The maximum Gasteiger partial charge on any atom is 0.0865 e. The van der Waals surface area contributed by atoms with Gasteiger partial charge in [0.15, 0.2) is 0 Å². The molecular weight excluding hydrogens is 388 g/mol. The van der Waals surface area contributed by atoms with Crippen LogP contribution in [-0.2, 0) is 0 Å². The molecule has 174 valence electrons. The molecule has 0 aromatic heterocycles. The average Bonchev–Trinajstić information content (AvgIpc) is 3.61. The van der Waals surface area contributed by atoms with Gasteiger partial charge in [-0.3, -0.25) is 4.90 Å². The Labute approximate surface area is 196 Å². The Morgan fingerprint density at radius 1 is 0.781 bits per heavy atom. The predicted molar refractivity (Wildman–Crippen MR) is 135 cm³/mol. The molecule has 2 heterocycles. The van der Waals surface area contributed by atoms with Crippen molar-refractivity contribution in [3.8, 4) is 0 Å². The molecule has 0 bridgehead atoms. The van der Waals surface area contributed by atoms with Gasteiger partial charge in [-0.15, -0.1) is 0 Å². The fraction of sp³-hybridized carbons (Fsp3) is 0.733. The van der Waals surface area contributed by atoms with E-state index in [4.69, 9.17) is 0 Å². The lowest BCUT2D eigenvalue weighted by Crippen LogP contribution is -2.61. The summed E-state index contributed by atoms with van der Waals surface area (Å²) in [5.41, 5.74) is 3.29. The maximum atomic E-state index is 3.17. The van der Waals surface area contributed by atoms with Crippen molar-refractivity contribution in [2.45, 2.75) is 121 Å². The van der Waals surface area contributed by atoms with Crippen LogP contribution in [0.3, 0.4) is 0 Å². The van der Waals surface area contributed by atoms with Crippen molar-refractivity contribution in [2.24, 2.45) is 17.8 Å². The summed E-state index contributed by atoms with van der Waals surface area (Å²) in [5, 5.41) is 0. The molecule has 0 N–H and O–H groups in total. The van der Waals surface area contributed by atoms with Crippen molar-refractivity contribution < 1.29 is 0 Å². The van der Waals surface area contributed by atoms with Crippen LogP contribution in [0.2, 0.25) is 0 Å². The van der Waals surface area contributed by atoms with Gasteiger partial charge in [-0.05, 0) is 81.8 Å². The van der Waals surface area contributed by atoms with Crippen molar-refractivity contribution in [2.75, 3.05) is 4.90 Å². The molecule has 6 rings (SSSR count). The third-order valence-electron chi connectivity index (χ3n) is 10.3. The van der Waals surface area contributed by atoms with E-state index in [-0.39, 0.29) is 0 Å². The number of hydrogen-bond acceptors (Lipinski definition) is 2. The van der Waals surface area contributed by atoms with Crippen LogP contribution in [0.15, 0.2) is 36.4 Å². The zero-order valence-electron chi connectivity index (χ0n) is 20.5. The Balaban J connectivity index is 1.48. The van der Waals surface area contributed by atoms with Crippen molar-refractivity contribution in [1.29, 1.82) is 0 Å². The molecule has 3 saturated carbocycles. The molecule has 32 heavy (non-hydrogen) atoms. The largest absolute Gasteiger partial charge is 0.351 e. The molecule has 3 aliphatic carbocycles. The number of para-hydroxylation sites is 1. The minimum atomic E-state index is 0.325. The van der Waals surface area contributed by atoms with E-state index in [2.05, 4.69) is 60.1 Å². The van der Waals surface area contributed by atoms with Gasteiger partial charge in [0.1, 0.15) is 0 Å². The quantitative estimate of drug-likeness (QED) is 0.455. The summed E-state index contributed by atoms with van der Waals surface area (Å²) in [6.07, 6.45) is 24.9. The Kier molecular flexibility index (Phi) is 5.65. The van der Waals surface area contributed by atoms with Gasteiger partial charge in [-0.2, -0.15) is 0 Å². The second kappa shape index (κ2) is 8.49. The zero-order chi connectivity index (χ0) is 21.7. The Bertz CT molecular complexity index is 809. The normalized spacial score (nSPS) is 34.1. The van der Waals surface area contributed by atoms with Gasteiger partial charge in [0.25, 0.3) is 0 Å². The first kappa shape index (κ1) is 21.3. The monoisotopic (exact) mass is 432 g/mol. The van der Waals surface area contributed by atoms with Crippen molar-refractivity contribution in [1.82, 2.24) is 4.90 Å². The lowest BCUT2D eigenvalue weighted by atomic mass is 9.70. The number of hydrogen-bond donors (Lipinski definition) is 0. The smallest absolute Gasteiger partial charge is 0.0865 e. The van der Waals surface area contributed by atoms with Crippen LogP contribution in [0.5, 0.6) is 0 Å². The van der Waals surface area contributed by atoms with Gasteiger partial charge in [0, 0.05) is 17.3 Å². The van der Waals surface area contributed by atoms with Gasteiger partial charge in [0.2, 0.25) is 0 Å². The van der Waals surface area contributed by atoms with Crippen LogP contribution in [0.4, 0.5) is 5.69 Å². The topological polar surface area (TPSA) is 6.48 Å². The Morgan fingerprint density at radius 2 is 1.38 bits per heavy atom. The highest BCUT2D eigenvalue weighted by Crippen LogP contribution is 2.57. The zero-order valence-corrected chi connectivity index (χ0v) is 20.5. The lowest BCUT2D eigenvalue weighted by molar-refractivity contribution is -0.0125. The van der Waals surface area contributed by atoms with Gasteiger partial charge in [-0.25, -0.2) is 0 Å². The van der Waals surface area contributed by atoms with E-state index in [9.17, 15) is 0 Å². The van der Waals surface area contributed by atoms with E-state index in [0.29, 0.717) is 23.8 Å². The van der Waals surface area contributed by atoms with E-state index in [1.807, 2.05) is 0 Å². The first-order valence-corrected chi connectivity index (χ1v) is 14.0. The molecule has 2 nitrogen and oxygen atoms in total. The molecule has 5 aliphatic rings. The molecule has 2 unspecified atom stereocenters. The van der Waals surface area contributed by atoms with Crippen LogP contribution in [0.25, 0.3) is 0 Å². The standard InChI is InChI=1S/C30H44N2/c1-22-12-6-11-19-27(22)31-23(2)28-20-21-30(25-15-7-8-16-25,26-17-9-10-18-26)32(28)29(31)24-13-4-3-5-14-24/h6,11-12,19-21,23-26,28-29H,3-5,7-10,13-18H2,1-2H3/t23-,28?,29?/m0/s1. The van der Waals surface area contributed by atoms with Crippen LogP contribution in [-0.4, -0.2) is 28.7 Å². The first-order chi connectivity index (χ1) is 15.7. The highest BCUT2D eigenvalue weighted by Gasteiger charge is 2.62. The minimum absolute atomic E-state index is 0.325. The number of fused-ring (bicyclic) bond motifs is 1. The maximum absolute atomic E-state index is 3.17. The second-order valence-electron chi connectivity index (χ2n) is 11.9. The van der Waals surface area contributed by atoms with E-state index in [1.54, 1.807) is 0 Å². The second-order valence-corrected chi connectivity index (χ2v) is 11.9. The van der Waals surface area contributed by atoms with Gasteiger partial charge < -0.3 is 4.90 Å². The fourth-order valence-corrected chi connectivity index (χ4v) is 8.93. The third kappa shape index (κ3) is 3.15. The highest BCUT2D eigenvalue weighted by molar-refractivity contribution is 5.57. The number of aryl methyl sites for hydroxylation is 1.